The molecule has 0 aliphatic heterocycles. The standard InChI is InChI=1S/C26H32O4S2/c1-26(30,13-11-19-7-8-20-5-2-3-6-22(20)17-19)14-12-21-9-10-23(27)25(21)32-16-4-15-31-18-24(28)29/h2-3,5-8,12,14,17,21,25,30H,4,9-11,13,15-16,18H2,1H3,(H,28,29)/t21-,25+,26?/m0/s1. The number of benzene rings is 2. The van der Waals surface area contributed by atoms with Crippen molar-refractivity contribution in [3.05, 3.63) is 60.2 Å². The monoisotopic (exact) mass is 472 g/mol. The minimum atomic E-state index is -0.917. The molecule has 1 fully saturated rings. The van der Waals surface area contributed by atoms with Crippen LogP contribution in [0.3, 0.4) is 0 Å². The van der Waals surface area contributed by atoms with E-state index in [1.54, 1.807) is 11.8 Å². The van der Waals surface area contributed by atoms with E-state index < -0.39 is 11.6 Å². The summed E-state index contributed by atoms with van der Waals surface area (Å²) in [6, 6.07) is 14.7. The average Bonchev–Trinajstić information content (AvgIpc) is 3.12. The second kappa shape index (κ2) is 11.9. The summed E-state index contributed by atoms with van der Waals surface area (Å²) >= 11 is 3.10. The zero-order valence-corrected chi connectivity index (χ0v) is 20.2. The predicted molar refractivity (Wildman–Crippen MR) is 136 cm³/mol. The van der Waals surface area contributed by atoms with Crippen LogP contribution in [0.5, 0.6) is 0 Å². The van der Waals surface area contributed by atoms with Crippen molar-refractivity contribution in [2.24, 2.45) is 5.92 Å². The number of allylic oxidation sites excluding steroid dienone is 1. The largest absolute Gasteiger partial charge is 0.481 e. The van der Waals surface area contributed by atoms with E-state index >= 15 is 0 Å². The van der Waals surface area contributed by atoms with Crippen molar-refractivity contribution in [3.63, 3.8) is 0 Å². The summed E-state index contributed by atoms with van der Waals surface area (Å²) in [7, 11) is 0. The van der Waals surface area contributed by atoms with Crippen LogP contribution in [0.25, 0.3) is 10.8 Å². The van der Waals surface area contributed by atoms with Crippen molar-refractivity contribution in [2.75, 3.05) is 17.3 Å². The van der Waals surface area contributed by atoms with Gasteiger partial charge >= 0.3 is 5.97 Å². The van der Waals surface area contributed by atoms with Crippen LogP contribution in [0, 0.1) is 5.92 Å². The highest BCUT2D eigenvalue weighted by molar-refractivity contribution is 8.01. The summed E-state index contributed by atoms with van der Waals surface area (Å²) in [6.45, 7) is 1.84. The first-order valence-electron chi connectivity index (χ1n) is 11.2. The SMILES string of the molecule is CC(O)(C=C[C@@H]1CCC(=O)[C@@H]1SCCCSCC(=O)O)CCc1ccc2ccccc2c1. The van der Waals surface area contributed by atoms with E-state index in [-0.39, 0.29) is 16.9 Å². The van der Waals surface area contributed by atoms with Crippen molar-refractivity contribution in [1.82, 2.24) is 0 Å². The van der Waals surface area contributed by atoms with Gasteiger partial charge in [-0.2, -0.15) is 11.8 Å². The number of ketones is 1. The molecule has 1 saturated carbocycles. The maximum Gasteiger partial charge on any atom is 0.313 e. The molecule has 0 spiro atoms. The topological polar surface area (TPSA) is 74.6 Å². The predicted octanol–water partition coefficient (Wildman–Crippen LogP) is 5.37. The maximum absolute atomic E-state index is 12.3. The number of fused-ring (bicyclic) bond motifs is 1. The van der Waals surface area contributed by atoms with Gasteiger partial charge in [-0.05, 0) is 66.4 Å². The van der Waals surface area contributed by atoms with E-state index in [2.05, 4.69) is 30.3 Å². The maximum atomic E-state index is 12.3. The quantitative estimate of drug-likeness (QED) is 0.320. The van der Waals surface area contributed by atoms with E-state index in [0.717, 1.165) is 30.8 Å². The lowest BCUT2D eigenvalue weighted by Crippen LogP contribution is -2.23. The summed E-state index contributed by atoms with van der Waals surface area (Å²) in [5.74, 6) is 1.44. The second-order valence-electron chi connectivity index (χ2n) is 8.66. The van der Waals surface area contributed by atoms with Gasteiger partial charge in [0.2, 0.25) is 0 Å². The molecule has 0 heterocycles. The molecule has 0 radical (unpaired) electrons. The Balaban J connectivity index is 1.48. The zero-order valence-electron chi connectivity index (χ0n) is 18.5. The summed E-state index contributed by atoms with van der Waals surface area (Å²) in [5, 5.41) is 22.0. The minimum Gasteiger partial charge on any atom is -0.481 e. The van der Waals surface area contributed by atoms with Crippen LogP contribution in [-0.2, 0) is 16.0 Å². The third kappa shape index (κ3) is 7.68. The van der Waals surface area contributed by atoms with Crippen molar-refractivity contribution in [2.45, 2.75) is 49.9 Å². The Morgan fingerprint density at radius 2 is 1.97 bits per heavy atom. The molecule has 0 saturated heterocycles. The Labute approximate surface area is 198 Å². The first-order valence-corrected chi connectivity index (χ1v) is 13.4. The lowest BCUT2D eigenvalue weighted by Gasteiger charge is -2.21. The second-order valence-corrected chi connectivity index (χ2v) is 11.0. The third-order valence-corrected chi connectivity index (χ3v) is 8.35. The number of hydrogen-bond acceptors (Lipinski definition) is 5. The fourth-order valence-corrected chi connectivity index (χ4v) is 6.18. The number of carbonyl (C=O) groups excluding carboxylic acids is 1. The third-order valence-electron chi connectivity index (χ3n) is 5.82. The van der Waals surface area contributed by atoms with Crippen molar-refractivity contribution in [3.8, 4) is 0 Å². The van der Waals surface area contributed by atoms with Crippen molar-refractivity contribution >= 4 is 46.0 Å². The van der Waals surface area contributed by atoms with Gasteiger partial charge in [0.05, 0.1) is 16.6 Å². The molecule has 1 unspecified atom stereocenters. The Morgan fingerprint density at radius 1 is 1.19 bits per heavy atom. The van der Waals surface area contributed by atoms with Crippen LogP contribution in [0.2, 0.25) is 0 Å². The van der Waals surface area contributed by atoms with Crippen LogP contribution in [0.15, 0.2) is 54.6 Å². The number of Topliss-reactive ketones (excluding diaryl/α,β-unsaturated/α-hetero) is 1. The molecule has 1 aliphatic rings. The molecule has 32 heavy (non-hydrogen) atoms. The van der Waals surface area contributed by atoms with E-state index in [0.29, 0.717) is 18.6 Å². The molecule has 0 amide bonds. The fourth-order valence-electron chi connectivity index (χ4n) is 3.99. The smallest absolute Gasteiger partial charge is 0.313 e. The van der Waals surface area contributed by atoms with Crippen molar-refractivity contribution in [1.29, 1.82) is 0 Å². The molecular formula is C26H32O4S2. The normalized spacial score (nSPS) is 20.8. The van der Waals surface area contributed by atoms with E-state index in [9.17, 15) is 14.7 Å². The van der Waals surface area contributed by atoms with Gasteiger partial charge < -0.3 is 10.2 Å². The van der Waals surface area contributed by atoms with E-state index in [1.165, 1.54) is 28.1 Å². The Hall–Kier alpha value is -1.76. The molecule has 172 valence electrons. The summed E-state index contributed by atoms with van der Waals surface area (Å²) < 4.78 is 0. The van der Waals surface area contributed by atoms with Gasteiger partial charge in [0.25, 0.3) is 0 Å². The molecule has 0 aromatic heterocycles. The van der Waals surface area contributed by atoms with Crippen molar-refractivity contribution < 1.29 is 19.8 Å². The molecule has 4 nitrogen and oxygen atoms in total. The lowest BCUT2D eigenvalue weighted by atomic mass is 9.93. The van der Waals surface area contributed by atoms with Gasteiger partial charge in [-0.15, -0.1) is 11.8 Å². The lowest BCUT2D eigenvalue weighted by molar-refractivity contribution is -0.133. The highest BCUT2D eigenvalue weighted by Gasteiger charge is 2.33. The van der Waals surface area contributed by atoms with Gasteiger partial charge in [0.1, 0.15) is 5.78 Å². The Bertz CT molecular complexity index is 954. The van der Waals surface area contributed by atoms with Crippen LogP contribution in [0.4, 0.5) is 0 Å². The average molecular weight is 473 g/mol. The number of carboxylic acid groups (broad SMARTS) is 1. The van der Waals surface area contributed by atoms with Gasteiger partial charge in [-0.25, -0.2) is 0 Å². The van der Waals surface area contributed by atoms with Crippen LogP contribution in [0.1, 0.15) is 38.2 Å². The number of aryl methyl sites for hydroxylation is 1. The number of thioether (sulfide) groups is 2. The summed E-state index contributed by atoms with van der Waals surface area (Å²) in [4.78, 5) is 22.9. The van der Waals surface area contributed by atoms with Crippen LogP contribution >= 0.6 is 23.5 Å². The van der Waals surface area contributed by atoms with Gasteiger partial charge in [-0.3, -0.25) is 9.59 Å². The number of rotatable bonds is 12. The van der Waals surface area contributed by atoms with Gasteiger partial charge in [-0.1, -0.05) is 54.6 Å². The molecule has 2 N–H and O–H groups in total. The highest BCUT2D eigenvalue weighted by Crippen LogP contribution is 2.34. The molecule has 3 atom stereocenters. The summed E-state index contributed by atoms with van der Waals surface area (Å²) in [5.41, 5.74) is 0.294. The van der Waals surface area contributed by atoms with E-state index in [1.807, 2.05) is 31.2 Å². The summed E-state index contributed by atoms with van der Waals surface area (Å²) in [6.07, 6.45) is 7.67. The first-order chi connectivity index (χ1) is 15.3. The number of carboxylic acids is 1. The highest BCUT2D eigenvalue weighted by atomic mass is 32.2. The molecule has 2 aromatic rings. The molecule has 1 aliphatic carbocycles. The zero-order chi connectivity index (χ0) is 23.0. The number of carbonyl (C=O) groups is 2. The Morgan fingerprint density at radius 3 is 2.75 bits per heavy atom. The molecule has 3 rings (SSSR count). The molecule has 6 heteroatoms. The first kappa shape index (κ1) is 24.9. The van der Waals surface area contributed by atoms with E-state index in [4.69, 9.17) is 5.11 Å². The number of hydrogen-bond donors (Lipinski definition) is 2. The number of aliphatic hydroxyl groups is 1. The molecule has 2 aromatic carbocycles. The molecule has 0 bridgehead atoms. The van der Waals surface area contributed by atoms with Crippen LogP contribution in [-0.4, -0.2) is 50.1 Å². The number of aliphatic carboxylic acids is 1. The Kier molecular flexibility index (Phi) is 9.26. The minimum absolute atomic E-state index is 0.0491. The fraction of sp³-hybridized carbons (Fsp3) is 0.462. The molecular weight excluding hydrogens is 440 g/mol. The van der Waals surface area contributed by atoms with Gasteiger partial charge in [0.15, 0.2) is 0 Å². The van der Waals surface area contributed by atoms with Crippen LogP contribution < -0.4 is 0 Å². The van der Waals surface area contributed by atoms with Gasteiger partial charge in [0, 0.05) is 6.42 Å².